The van der Waals surface area contributed by atoms with E-state index in [1.807, 2.05) is 55.6 Å². The maximum absolute atomic E-state index is 14.8. The van der Waals surface area contributed by atoms with Crippen molar-refractivity contribution in [1.82, 2.24) is 4.90 Å². The van der Waals surface area contributed by atoms with Gasteiger partial charge in [0.2, 0.25) is 0 Å². The smallest absolute Gasteiger partial charge is 0.252 e. The van der Waals surface area contributed by atoms with Crippen molar-refractivity contribution in [2.75, 3.05) is 23.8 Å². The molecule has 0 saturated carbocycles. The number of fused-ring (bicyclic) bond motifs is 3. The van der Waals surface area contributed by atoms with Crippen LogP contribution in [0.4, 0.5) is 11.4 Å². The minimum absolute atomic E-state index is 0.152. The molecule has 182 valence electrons. The van der Waals surface area contributed by atoms with Crippen LogP contribution in [0.1, 0.15) is 29.5 Å². The molecule has 3 aromatic rings. The molecular weight excluding hydrogens is 554 g/mol. The summed E-state index contributed by atoms with van der Waals surface area (Å²) in [4.78, 5) is 32.5. The van der Waals surface area contributed by atoms with Crippen molar-refractivity contribution in [1.29, 1.82) is 0 Å². The van der Waals surface area contributed by atoms with Gasteiger partial charge in [0.25, 0.3) is 11.8 Å². The number of nitrogens with one attached hydrogen (secondary N) is 1. The molecule has 0 aliphatic carbocycles. The molecule has 5 nitrogen and oxygen atoms in total. The van der Waals surface area contributed by atoms with E-state index in [0.29, 0.717) is 16.6 Å². The monoisotopic (exact) mass is 577 g/mol. The topological polar surface area (TPSA) is 52.7 Å². The van der Waals surface area contributed by atoms with Crippen molar-refractivity contribution in [3.63, 3.8) is 0 Å². The second-order valence-corrected chi connectivity index (χ2v) is 12.3. The van der Waals surface area contributed by atoms with E-state index in [-0.39, 0.29) is 17.7 Å². The molecule has 36 heavy (non-hydrogen) atoms. The van der Waals surface area contributed by atoms with Gasteiger partial charge in [0, 0.05) is 28.2 Å². The van der Waals surface area contributed by atoms with Crippen molar-refractivity contribution >= 4 is 67.4 Å². The predicted octanol–water partition coefficient (Wildman–Crippen LogP) is 5.69. The number of hydrogen-bond donors (Lipinski definition) is 1. The lowest BCUT2D eigenvalue weighted by molar-refractivity contribution is -0.132. The van der Waals surface area contributed by atoms with Gasteiger partial charge < -0.3 is 5.32 Å². The second-order valence-electron chi connectivity index (χ2n) is 9.46. The summed E-state index contributed by atoms with van der Waals surface area (Å²) in [5.74, 6) is -0.581. The number of benzene rings is 3. The van der Waals surface area contributed by atoms with E-state index in [2.05, 4.69) is 57.3 Å². The lowest BCUT2D eigenvalue weighted by Gasteiger charge is -2.41. The fourth-order valence-corrected chi connectivity index (χ4v) is 8.57. The molecule has 3 heterocycles. The number of anilines is 2. The number of thioether (sulfide) groups is 1. The van der Waals surface area contributed by atoms with Crippen LogP contribution in [0.15, 0.2) is 77.3 Å². The zero-order chi connectivity index (χ0) is 25.2. The fourth-order valence-electron chi connectivity index (χ4n) is 6.13. The van der Waals surface area contributed by atoms with Crippen molar-refractivity contribution in [3.8, 4) is 0 Å². The van der Waals surface area contributed by atoms with Crippen LogP contribution in [-0.4, -0.2) is 39.4 Å². The van der Waals surface area contributed by atoms with Crippen molar-refractivity contribution < 1.29 is 9.59 Å². The van der Waals surface area contributed by atoms with Gasteiger partial charge in [-0.15, -0.1) is 0 Å². The summed E-state index contributed by atoms with van der Waals surface area (Å²) in [6.07, 6.45) is 0.935. The van der Waals surface area contributed by atoms with E-state index in [0.717, 1.165) is 27.7 Å². The van der Waals surface area contributed by atoms with Crippen LogP contribution < -0.4 is 10.2 Å². The second kappa shape index (κ2) is 8.52. The molecule has 3 aromatic carbocycles. The predicted molar refractivity (Wildman–Crippen MR) is 152 cm³/mol. The molecule has 3 aliphatic heterocycles. The number of thiocarbonyl (C=S) groups is 1. The largest absolute Gasteiger partial charge is 0.324 e. The van der Waals surface area contributed by atoms with E-state index < -0.39 is 10.3 Å². The van der Waals surface area contributed by atoms with E-state index in [9.17, 15) is 9.59 Å². The van der Waals surface area contributed by atoms with Gasteiger partial charge >= 0.3 is 0 Å². The first-order chi connectivity index (χ1) is 17.3. The van der Waals surface area contributed by atoms with E-state index in [4.69, 9.17) is 12.2 Å². The van der Waals surface area contributed by atoms with Gasteiger partial charge in [-0.2, -0.15) is 0 Å². The number of hydrogen-bond acceptors (Lipinski definition) is 5. The highest BCUT2D eigenvalue weighted by Gasteiger charge is 2.77. The molecule has 3 atom stereocenters. The Morgan fingerprint density at radius 1 is 1.06 bits per heavy atom. The van der Waals surface area contributed by atoms with Gasteiger partial charge in [0.05, 0.1) is 5.69 Å². The third-order valence-corrected chi connectivity index (χ3v) is 10.2. The Morgan fingerprint density at radius 2 is 1.75 bits per heavy atom. The molecule has 3 aliphatic rings. The van der Waals surface area contributed by atoms with Gasteiger partial charge in [-0.05, 0) is 54.9 Å². The highest BCUT2D eigenvalue weighted by molar-refractivity contribution is 9.10. The normalized spacial score (nSPS) is 27.4. The summed E-state index contributed by atoms with van der Waals surface area (Å²) in [5, 5.41) is 3.09. The molecule has 2 spiro atoms. The minimum atomic E-state index is -1.20. The van der Waals surface area contributed by atoms with E-state index in [1.165, 1.54) is 17.3 Å². The lowest BCUT2D eigenvalue weighted by Crippen LogP contribution is -2.61. The number of carbonyl (C=O) groups excluding carboxylic acids is 2. The average molecular weight is 579 g/mol. The fraction of sp³-hybridized carbons (Fsp3) is 0.250. The molecule has 2 fully saturated rings. The van der Waals surface area contributed by atoms with Crippen molar-refractivity contribution in [3.05, 3.63) is 94.0 Å². The number of rotatable bonds is 3. The Bertz CT molecular complexity index is 1410. The van der Waals surface area contributed by atoms with Crippen LogP contribution in [0.3, 0.4) is 0 Å². The maximum Gasteiger partial charge on any atom is 0.252 e. The first-order valence-corrected chi connectivity index (χ1v) is 13.9. The zero-order valence-electron chi connectivity index (χ0n) is 19.8. The van der Waals surface area contributed by atoms with Gasteiger partial charge in [-0.25, -0.2) is 0 Å². The minimum Gasteiger partial charge on any atom is -0.324 e. The molecule has 2 amide bonds. The number of likely N-dealkylation sites (tertiary alicyclic amines) is 1. The van der Waals surface area contributed by atoms with Gasteiger partial charge in [-0.3, -0.25) is 19.4 Å². The number of para-hydroxylation sites is 1. The van der Waals surface area contributed by atoms with Crippen LogP contribution in [0.25, 0.3) is 0 Å². The quantitative estimate of drug-likeness (QED) is 0.405. The first-order valence-electron chi connectivity index (χ1n) is 11.9. The number of amides is 2. The van der Waals surface area contributed by atoms with Gasteiger partial charge in [-0.1, -0.05) is 89.3 Å². The summed E-state index contributed by atoms with van der Waals surface area (Å²) in [5.41, 5.74) is 3.34. The molecule has 0 aromatic heterocycles. The van der Waals surface area contributed by atoms with Crippen LogP contribution in [-0.2, 0) is 21.5 Å². The van der Waals surface area contributed by atoms with E-state index >= 15 is 0 Å². The molecule has 2 saturated heterocycles. The standard InChI is InChI=1S/C28H24BrN3O2S2/c1-3-17-8-10-18(11-9-17)22-16-31(2)27(21-6-4-5-7-23(21)30-24(27)33)28(22)25(34)32(26(35)36-28)20-14-12-19(29)13-15-20/h4-15,22H,3,16H2,1-2H3,(H,30,33). The third kappa shape index (κ3) is 3.02. The molecule has 8 heteroatoms. The summed E-state index contributed by atoms with van der Waals surface area (Å²) in [7, 11) is 1.95. The van der Waals surface area contributed by atoms with Crippen LogP contribution >= 0.6 is 39.9 Å². The number of nitrogens with zero attached hydrogens (tertiary/aromatic N) is 2. The Kier molecular flexibility index (Phi) is 5.64. The maximum atomic E-state index is 14.8. The number of halogens is 1. The highest BCUT2D eigenvalue weighted by atomic mass is 79.9. The number of aryl methyl sites for hydroxylation is 1. The van der Waals surface area contributed by atoms with Gasteiger partial charge in [0.1, 0.15) is 9.07 Å². The Labute approximate surface area is 228 Å². The molecule has 3 unspecified atom stereocenters. The SMILES string of the molecule is CCc1ccc(C2CN(C)C3(C(=O)Nc4ccccc43)C23SC(=S)N(c2ccc(Br)cc2)C3=O)cc1. The van der Waals surface area contributed by atoms with Crippen LogP contribution in [0.2, 0.25) is 0 Å². The first kappa shape index (κ1) is 23.9. The molecule has 6 rings (SSSR count). The van der Waals surface area contributed by atoms with E-state index in [1.54, 1.807) is 4.90 Å². The van der Waals surface area contributed by atoms with Crippen LogP contribution in [0, 0.1) is 0 Å². The molecule has 0 radical (unpaired) electrons. The van der Waals surface area contributed by atoms with Crippen molar-refractivity contribution in [2.45, 2.75) is 29.5 Å². The highest BCUT2D eigenvalue weighted by Crippen LogP contribution is 2.66. The zero-order valence-corrected chi connectivity index (χ0v) is 23.0. The average Bonchev–Trinajstić information content (AvgIpc) is 3.43. The number of likely N-dealkylation sites (N-methyl/N-ethyl adjacent to an activating group) is 1. The summed E-state index contributed by atoms with van der Waals surface area (Å²) >= 11 is 10.7. The summed E-state index contributed by atoms with van der Waals surface area (Å²) in [6, 6.07) is 23.7. The Morgan fingerprint density at radius 3 is 2.44 bits per heavy atom. The molecule has 1 N–H and O–H groups in total. The van der Waals surface area contributed by atoms with Crippen LogP contribution in [0.5, 0.6) is 0 Å². The lowest BCUT2D eigenvalue weighted by atomic mass is 9.72. The Hall–Kier alpha value is -2.52. The van der Waals surface area contributed by atoms with Crippen molar-refractivity contribution in [2.24, 2.45) is 0 Å². The molecular formula is C28H24BrN3O2S2. The Balaban J connectivity index is 1.60. The summed E-state index contributed by atoms with van der Waals surface area (Å²) in [6.45, 7) is 2.67. The molecule has 0 bridgehead atoms. The third-order valence-electron chi connectivity index (χ3n) is 7.78. The van der Waals surface area contributed by atoms with Gasteiger partial charge in [0.15, 0.2) is 5.54 Å². The number of carbonyl (C=O) groups is 2. The summed E-state index contributed by atoms with van der Waals surface area (Å²) < 4.78 is 0.210.